The number of fused-ring (bicyclic) bond motifs is 12. The van der Waals surface area contributed by atoms with Crippen LogP contribution in [0.2, 0.25) is 0 Å². The standard InChI is InChI=1S/C31H21N/c1-4-14-24-20(10-1)21-11-2-5-15-25(21)31(24)26-16-6-8-19-29(26)32-28-18-7-3-12-22(28)23-13-9-17-27(31)30(23)32/h1-6,8-17,19H,7,18H2. The van der Waals surface area contributed by atoms with Crippen molar-refractivity contribution < 1.29 is 0 Å². The van der Waals surface area contributed by atoms with Gasteiger partial charge in [-0.05, 0) is 52.3 Å². The van der Waals surface area contributed by atoms with E-state index in [1.807, 2.05) is 0 Å². The van der Waals surface area contributed by atoms with E-state index in [-0.39, 0.29) is 5.41 Å². The van der Waals surface area contributed by atoms with Crippen molar-refractivity contribution in [2.45, 2.75) is 18.3 Å². The highest BCUT2D eigenvalue weighted by molar-refractivity contribution is 6.01. The van der Waals surface area contributed by atoms with E-state index in [9.17, 15) is 0 Å². The fourth-order valence-corrected chi connectivity index (χ4v) is 6.78. The molecule has 0 radical (unpaired) electrons. The molecule has 0 N–H and O–H groups in total. The summed E-state index contributed by atoms with van der Waals surface area (Å²) in [5, 5.41) is 1.38. The summed E-state index contributed by atoms with van der Waals surface area (Å²) in [6.07, 6.45) is 6.88. The van der Waals surface area contributed by atoms with Crippen LogP contribution in [0, 0.1) is 0 Å². The van der Waals surface area contributed by atoms with Crippen molar-refractivity contribution in [1.82, 2.24) is 4.57 Å². The topological polar surface area (TPSA) is 4.93 Å². The molecule has 150 valence electrons. The van der Waals surface area contributed by atoms with Crippen LogP contribution in [0.3, 0.4) is 0 Å². The molecule has 32 heavy (non-hydrogen) atoms. The Morgan fingerprint density at radius 2 is 1.28 bits per heavy atom. The molecule has 0 saturated heterocycles. The Morgan fingerprint density at radius 3 is 2.06 bits per heavy atom. The lowest BCUT2D eigenvalue weighted by Crippen LogP contribution is -2.33. The zero-order valence-electron chi connectivity index (χ0n) is 17.7. The minimum atomic E-state index is -0.288. The van der Waals surface area contributed by atoms with Gasteiger partial charge >= 0.3 is 0 Å². The SMILES string of the molecule is C1=Cc2c(n3c4c(cccc24)C2(c4ccccc4-c4ccccc42)c2ccccc2-3)CC1. The van der Waals surface area contributed by atoms with Gasteiger partial charge in [0.15, 0.2) is 0 Å². The number of nitrogens with zero attached hydrogens (tertiary/aromatic N) is 1. The van der Waals surface area contributed by atoms with Gasteiger partial charge in [0.2, 0.25) is 0 Å². The van der Waals surface area contributed by atoms with Crippen molar-refractivity contribution in [3.8, 4) is 16.8 Å². The van der Waals surface area contributed by atoms with Gasteiger partial charge in [-0.2, -0.15) is 0 Å². The van der Waals surface area contributed by atoms with Crippen LogP contribution >= 0.6 is 0 Å². The van der Waals surface area contributed by atoms with E-state index in [0.29, 0.717) is 0 Å². The summed E-state index contributed by atoms with van der Waals surface area (Å²) in [4.78, 5) is 0. The van der Waals surface area contributed by atoms with E-state index >= 15 is 0 Å². The smallest absolute Gasteiger partial charge is 0.0754 e. The fraction of sp³-hybridized carbons (Fsp3) is 0.0968. The quantitative estimate of drug-likeness (QED) is 0.249. The highest BCUT2D eigenvalue weighted by Crippen LogP contribution is 2.60. The summed E-state index contributed by atoms with van der Waals surface area (Å²) >= 11 is 0. The van der Waals surface area contributed by atoms with Gasteiger partial charge in [0.05, 0.1) is 16.6 Å². The maximum atomic E-state index is 2.58. The van der Waals surface area contributed by atoms with Crippen LogP contribution in [0.5, 0.6) is 0 Å². The molecule has 8 rings (SSSR count). The van der Waals surface area contributed by atoms with Gasteiger partial charge in [-0.1, -0.05) is 97.1 Å². The summed E-state index contributed by atoms with van der Waals surface area (Å²) in [6.45, 7) is 0. The molecule has 2 aliphatic carbocycles. The Bertz CT molecular complexity index is 1580. The average Bonchev–Trinajstić information content (AvgIpc) is 3.35. The second-order valence-electron chi connectivity index (χ2n) is 9.20. The Kier molecular flexibility index (Phi) is 2.99. The number of benzene rings is 4. The molecular formula is C31H21N. The normalized spacial score (nSPS) is 16.0. The van der Waals surface area contributed by atoms with Crippen LogP contribution in [0.4, 0.5) is 0 Å². The third kappa shape index (κ3) is 1.72. The van der Waals surface area contributed by atoms with Gasteiger partial charge in [-0.3, -0.25) is 0 Å². The number of hydrogen-bond acceptors (Lipinski definition) is 0. The summed E-state index contributed by atoms with van der Waals surface area (Å²) in [5.41, 5.74) is 13.6. The lowest BCUT2D eigenvalue weighted by molar-refractivity contribution is 0.734. The number of para-hydroxylation sites is 2. The first-order chi connectivity index (χ1) is 15.9. The highest BCUT2D eigenvalue weighted by Gasteiger charge is 2.50. The number of allylic oxidation sites excluding steroid dienone is 1. The first-order valence-electron chi connectivity index (χ1n) is 11.5. The van der Waals surface area contributed by atoms with Crippen LogP contribution in [-0.2, 0) is 11.8 Å². The third-order valence-electron chi connectivity index (χ3n) is 7.87. The molecule has 0 unspecified atom stereocenters. The molecule has 1 nitrogen and oxygen atoms in total. The Hall–Kier alpha value is -3.84. The predicted molar refractivity (Wildman–Crippen MR) is 131 cm³/mol. The molecule has 0 bridgehead atoms. The van der Waals surface area contributed by atoms with E-state index < -0.39 is 0 Å². The third-order valence-corrected chi connectivity index (χ3v) is 7.87. The molecule has 5 aromatic rings. The molecular weight excluding hydrogens is 386 g/mol. The zero-order valence-corrected chi connectivity index (χ0v) is 17.7. The Morgan fingerprint density at radius 1 is 0.625 bits per heavy atom. The van der Waals surface area contributed by atoms with E-state index in [0.717, 1.165) is 12.8 Å². The number of aromatic nitrogens is 1. The van der Waals surface area contributed by atoms with Crippen LogP contribution in [0.1, 0.15) is 39.9 Å². The molecule has 0 atom stereocenters. The van der Waals surface area contributed by atoms with Gasteiger partial charge in [-0.25, -0.2) is 0 Å². The Labute approximate surface area is 187 Å². The lowest BCUT2D eigenvalue weighted by atomic mass is 9.65. The molecule has 2 heterocycles. The van der Waals surface area contributed by atoms with Crippen molar-refractivity contribution >= 4 is 17.0 Å². The van der Waals surface area contributed by atoms with Crippen molar-refractivity contribution in [1.29, 1.82) is 0 Å². The van der Waals surface area contributed by atoms with Crippen molar-refractivity contribution in [2.75, 3.05) is 0 Å². The Balaban J connectivity index is 1.67. The monoisotopic (exact) mass is 407 g/mol. The van der Waals surface area contributed by atoms with Crippen molar-refractivity contribution in [2.24, 2.45) is 0 Å². The van der Waals surface area contributed by atoms with Crippen LogP contribution in [0.15, 0.2) is 97.1 Å². The van der Waals surface area contributed by atoms with Crippen LogP contribution in [-0.4, -0.2) is 4.57 Å². The number of hydrogen-bond donors (Lipinski definition) is 0. The minimum absolute atomic E-state index is 0.288. The van der Waals surface area contributed by atoms with Crippen LogP contribution in [0.25, 0.3) is 33.8 Å². The lowest BCUT2D eigenvalue weighted by Gasteiger charge is -2.39. The van der Waals surface area contributed by atoms with E-state index in [4.69, 9.17) is 0 Å². The van der Waals surface area contributed by atoms with E-state index in [1.54, 1.807) is 0 Å². The predicted octanol–water partition coefficient (Wildman–Crippen LogP) is 7.27. The second kappa shape index (κ2) is 5.69. The molecule has 1 heteroatoms. The van der Waals surface area contributed by atoms with Gasteiger partial charge in [0.25, 0.3) is 0 Å². The highest BCUT2D eigenvalue weighted by atomic mass is 15.0. The molecule has 1 aliphatic heterocycles. The second-order valence-corrected chi connectivity index (χ2v) is 9.20. The van der Waals surface area contributed by atoms with E-state index in [2.05, 4.69) is 108 Å². The maximum absolute atomic E-state index is 2.58. The van der Waals surface area contributed by atoms with Gasteiger partial charge in [0, 0.05) is 16.6 Å². The van der Waals surface area contributed by atoms with Gasteiger partial charge in [-0.15, -0.1) is 0 Å². The first-order valence-corrected chi connectivity index (χ1v) is 11.5. The van der Waals surface area contributed by atoms with Gasteiger partial charge < -0.3 is 4.57 Å². The average molecular weight is 408 g/mol. The molecule has 1 aromatic heterocycles. The largest absolute Gasteiger partial charge is 0.312 e. The summed E-state index contributed by atoms with van der Waals surface area (Å²) in [6, 6.07) is 34.1. The maximum Gasteiger partial charge on any atom is 0.0754 e. The van der Waals surface area contributed by atoms with Crippen molar-refractivity contribution in [3.05, 3.63) is 131 Å². The minimum Gasteiger partial charge on any atom is -0.312 e. The molecule has 0 saturated carbocycles. The molecule has 4 aromatic carbocycles. The van der Waals surface area contributed by atoms with Crippen molar-refractivity contribution in [3.63, 3.8) is 0 Å². The number of rotatable bonds is 0. The molecule has 0 fully saturated rings. The summed E-state index contributed by atoms with van der Waals surface area (Å²) in [5.74, 6) is 0. The van der Waals surface area contributed by atoms with Crippen LogP contribution < -0.4 is 0 Å². The molecule has 0 amide bonds. The fourth-order valence-electron chi connectivity index (χ4n) is 6.78. The van der Waals surface area contributed by atoms with E-state index in [1.165, 1.54) is 61.2 Å². The zero-order chi connectivity index (χ0) is 20.9. The summed E-state index contributed by atoms with van der Waals surface area (Å²) in [7, 11) is 0. The first kappa shape index (κ1) is 16.8. The molecule has 3 aliphatic rings. The summed E-state index contributed by atoms with van der Waals surface area (Å²) < 4.78 is 2.58. The van der Waals surface area contributed by atoms with Gasteiger partial charge in [0.1, 0.15) is 0 Å². The molecule has 1 spiro atoms.